The second-order valence-corrected chi connectivity index (χ2v) is 6.94. The molecule has 0 heterocycles. The topological polar surface area (TPSA) is 52.3 Å². The van der Waals surface area contributed by atoms with E-state index in [-0.39, 0.29) is 23.3 Å². The van der Waals surface area contributed by atoms with Crippen molar-refractivity contribution in [2.75, 3.05) is 6.61 Å². The number of benzene rings is 2. The number of esters is 1. The summed E-state index contributed by atoms with van der Waals surface area (Å²) in [4.78, 5) is 12.5. The smallest absolute Gasteiger partial charge is 0.310 e. The van der Waals surface area contributed by atoms with Gasteiger partial charge in [0.1, 0.15) is 0 Å². The number of carbonyl (C=O) groups excluding carboxylic acids is 1. The van der Waals surface area contributed by atoms with Crippen LogP contribution in [0.1, 0.15) is 37.3 Å². The summed E-state index contributed by atoms with van der Waals surface area (Å²) in [5, 5.41) is 0. The fourth-order valence-electron chi connectivity index (χ4n) is 4.66. The van der Waals surface area contributed by atoms with Crippen molar-refractivity contribution in [3.63, 3.8) is 0 Å². The Morgan fingerprint density at radius 2 is 1.71 bits per heavy atom. The number of fused-ring (bicyclic) bond motifs is 5. The Bertz CT molecular complexity index is 737. The first-order chi connectivity index (χ1) is 11.7. The van der Waals surface area contributed by atoms with Gasteiger partial charge in [0.15, 0.2) is 0 Å². The third-order valence-electron chi connectivity index (χ3n) is 5.75. The van der Waals surface area contributed by atoms with Gasteiger partial charge in [-0.25, -0.2) is 0 Å². The predicted octanol–water partition coefficient (Wildman–Crippen LogP) is 3.64. The second-order valence-electron chi connectivity index (χ2n) is 6.94. The molecule has 0 aromatic heterocycles. The van der Waals surface area contributed by atoms with Gasteiger partial charge in [0, 0.05) is 11.5 Å². The quantitative estimate of drug-likeness (QED) is 0.859. The maximum absolute atomic E-state index is 12.5. The van der Waals surface area contributed by atoms with Gasteiger partial charge in [0.25, 0.3) is 0 Å². The van der Waals surface area contributed by atoms with Crippen LogP contribution in [0, 0.1) is 5.92 Å². The Morgan fingerprint density at radius 3 is 2.29 bits per heavy atom. The van der Waals surface area contributed by atoms with Crippen molar-refractivity contribution >= 4 is 5.97 Å². The molecule has 2 aromatic carbocycles. The standard InChI is InChI=1S/C21H23NO2/c1-2-24-20(23)16-13-21(12-11-19(16)22)17-9-5-3-7-14(17)15-8-4-6-10-18(15)21/h3-10,16,19H,2,11-13,22H2,1H3. The Labute approximate surface area is 142 Å². The molecule has 4 rings (SSSR count). The number of hydrogen-bond acceptors (Lipinski definition) is 3. The second kappa shape index (κ2) is 5.75. The van der Waals surface area contributed by atoms with Gasteiger partial charge in [0.2, 0.25) is 0 Å². The third-order valence-corrected chi connectivity index (χ3v) is 5.75. The SMILES string of the molecule is CCOC(=O)C1CC2(CCC1N)c1ccccc1-c1ccccc12. The van der Waals surface area contributed by atoms with Crippen LogP contribution in [0.3, 0.4) is 0 Å². The Balaban J connectivity index is 1.83. The van der Waals surface area contributed by atoms with Crippen molar-refractivity contribution < 1.29 is 9.53 Å². The molecule has 1 saturated carbocycles. The molecule has 3 nitrogen and oxygen atoms in total. The molecule has 0 radical (unpaired) electrons. The van der Waals surface area contributed by atoms with E-state index in [0.717, 1.165) is 19.3 Å². The van der Waals surface area contributed by atoms with Crippen LogP contribution in [0.15, 0.2) is 48.5 Å². The molecule has 2 atom stereocenters. The minimum atomic E-state index is -0.238. The van der Waals surface area contributed by atoms with Crippen LogP contribution in [-0.2, 0) is 14.9 Å². The van der Waals surface area contributed by atoms with E-state index in [2.05, 4.69) is 48.5 Å². The van der Waals surface area contributed by atoms with Gasteiger partial charge in [-0.05, 0) is 48.4 Å². The van der Waals surface area contributed by atoms with Crippen molar-refractivity contribution in [1.82, 2.24) is 0 Å². The Hall–Kier alpha value is -2.13. The van der Waals surface area contributed by atoms with Crippen LogP contribution in [0.4, 0.5) is 0 Å². The van der Waals surface area contributed by atoms with Gasteiger partial charge in [-0.3, -0.25) is 4.79 Å². The summed E-state index contributed by atoms with van der Waals surface area (Å²) in [6.45, 7) is 2.25. The highest BCUT2D eigenvalue weighted by atomic mass is 16.5. The summed E-state index contributed by atoms with van der Waals surface area (Å²) >= 11 is 0. The third kappa shape index (κ3) is 2.11. The first-order valence-corrected chi connectivity index (χ1v) is 8.79. The van der Waals surface area contributed by atoms with E-state index >= 15 is 0 Å². The van der Waals surface area contributed by atoms with E-state index in [4.69, 9.17) is 10.5 Å². The Morgan fingerprint density at radius 1 is 1.12 bits per heavy atom. The minimum absolute atomic E-state index is 0.111. The van der Waals surface area contributed by atoms with Gasteiger partial charge in [-0.15, -0.1) is 0 Å². The van der Waals surface area contributed by atoms with Crippen molar-refractivity contribution in [1.29, 1.82) is 0 Å². The molecule has 0 bridgehead atoms. The summed E-state index contributed by atoms with van der Waals surface area (Å²) in [7, 11) is 0. The van der Waals surface area contributed by atoms with E-state index in [1.807, 2.05) is 6.92 Å². The number of rotatable bonds is 2. The molecule has 24 heavy (non-hydrogen) atoms. The molecule has 0 saturated heterocycles. The summed E-state index contributed by atoms with van der Waals surface area (Å²) in [6, 6.07) is 17.1. The summed E-state index contributed by atoms with van der Waals surface area (Å²) in [5.74, 6) is -0.385. The van der Waals surface area contributed by atoms with Crippen LogP contribution >= 0.6 is 0 Å². The zero-order valence-corrected chi connectivity index (χ0v) is 14.0. The molecule has 2 aliphatic rings. The highest BCUT2D eigenvalue weighted by molar-refractivity contribution is 5.82. The van der Waals surface area contributed by atoms with Gasteiger partial charge in [-0.1, -0.05) is 48.5 Å². The molecule has 0 aliphatic heterocycles. The molecule has 0 amide bonds. The lowest BCUT2D eigenvalue weighted by Crippen LogP contribution is -2.47. The highest BCUT2D eigenvalue weighted by Crippen LogP contribution is 2.56. The number of nitrogens with two attached hydrogens (primary N) is 1. The lowest BCUT2D eigenvalue weighted by Gasteiger charge is -2.42. The lowest BCUT2D eigenvalue weighted by molar-refractivity contribution is -0.150. The fourth-order valence-corrected chi connectivity index (χ4v) is 4.66. The molecule has 2 N–H and O–H groups in total. The highest BCUT2D eigenvalue weighted by Gasteiger charge is 2.49. The first-order valence-electron chi connectivity index (χ1n) is 8.79. The zero-order chi connectivity index (χ0) is 16.7. The van der Waals surface area contributed by atoms with Crippen molar-refractivity contribution in [2.45, 2.75) is 37.6 Å². The summed E-state index contributed by atoms with van der Waals surface area (Å²) in [5.41, 5.74) is 11.5. The normalized spacial score (nSPS) is 23.6. The minimum Gasteiger partial charge on any atom is -0.466 e. The monoisotopic (exact) mass is 321 g/mol. The van der Waals surface area contributed by atoms with Gasteiger partial charge in [0.05, 0.1) is 12.5 Å². The number of carbonyl (C=O) groups is 1. The van der Waals surface area contributed by atoms with Crippen molar-refractivity contribution in [2.24, 2.45) is 11.7 Å². The molecular weight excluding hydrogens is 298 g/mol. The fraction of sp³-hybridized carbons (Fsp3) is 0.381. The summed E-state index contributed by atoms with van der Waals surface area (Å²) in [6.07, 6.45) is 2.56. The molecule has 2 aromatic rings. The van der Waals surface area contributed by atoms with Crippen LogP contribution < -0.4 is 5.73 Å². The molecule has 2 aliphatic carbocycles. The number of hydrogen-bond donors (Lipinski definition) is 1. The van der Waals surface area contributed by atoms with E-state index in [0.29, 0.717) is 6.61 Å². The average molecular weight is 321 g/mol. The van der Waals surface area contributed by atoms with Gasteiger partial charge >= 0.3 is 5.97 Å². The van der Waals surface area contributed by atoms with Crippen LogP contribution in [0.5, 0.6) is 0 Å². The first kappa shape index (κ1) is 15.4. The van der Waals surface area contributed by atoms with E-state index in [9.17, 15) is 4.79 Å². The molecule has 124 valence electrons. The van der Waals surface area contributed by atoms with Crippen molar-refractivity contribution in [3.05, 3.63) is 59.7 Å². The number of ether oxygens (including phenoxy) is 1. The van der Waals surface area contributed by atoms with Crippen LogP contribution in [0.2, 0.25) is 0 Å². The van der Waals surface area contributed by atoms with E-state index in [1.54, 1.807) is 0 Å². The van der Waals surface area contributed by atoms with E-state index < -0.39 is 0 Å². The average Bonchev–Trinajstić information content (AvgIpc) is 2.88. The van der Waals surface area contributed by atoms with Crippen LogP contribution in [-0.4, -0.2) is 18.6 Å². The molecule has 1 spiro atoms. The van der Waals surface area contributed by atoms with Crippen LogP contribution in [0.25, 0.3) is 11.1 Å². The largest absolute Gasteiger partial charge is 0.466 e. The molecule has 1 fully saturated rings. The Kier molecular flexibility index (Phi) is 3.69. The zero-order valence-electron chi connectivity index (χ0n) is 14.0. The lowest BCUT2D eigenvalue weighted by atomic mass is 9.63. The van der Waals surface area contributed by atoms with Gasteiger partial charge < -0.3 is 10.5 Å². The summed E-state index contributed by atoms with van der Waals surface area (Å²) < 4.78 is 5.31. The molecular formula is C21H23NO2. The van der Waals surface area contributed by atoms with Crippen molar-refractivity contribution in [3.8, 4) is 11.1 Å². The maximum atomic E-state index is 12.5. The van der Waals surface area contributed by atoms with Gasteiger partial charge in [-0.2, -0.15) is 0 Å². The molecule has 3 heteroatoms. The maximum Gasteiger partial charge on any atom is 0.310 e. The predicted molar refractivity (Wildman–Crippen MR) is 94.6 cm³/mol. The van der Waals surface area contributed by atoms with E-state index in [1.165, 1.54) is 22.3 Å². The molecule has 2 unspecified atom stereocenters.